The van der Waals surface area contributed by atoms with Crippen LogP contribution in [0.25, 0.3) is 0 Å². The Kier molecular flexibility index (Phi) is 5.07. The van der Waals surface area contributed by atoms with Crippen molar-refractivity contribution in [2.24, 2.45) is 23.7 Å². The van der Waals surface area contributed by atoms with Gasteiger partial charge in [0.15, 0.2) is 0 Å². The van der Waals surface area contributed by atoms with Crippen LogP contribution >= 0.6 is 0 Å². The Morgan fingerprint density at radius 2 is 1.93 bits per heavy atom. The Morgan fingerprint density at radius 3 is 2.47 bits per heavy atom. The van der Waals surface area contributed by atoms with Gasteiger partial charge in [-0.15, -0.1) is 0 Å². The predicted octanol–water partition coefficient (Wildman–Crippen LogP) is 2.44. The summed E-state index contributed by atoms with van der Waals surface area (Å²) in [5, 5.41) is 18.9. The van der Waals surface area contributed by atoms with Crippen molar-refractivity contribution in [3.8, 4) is 0 Å². The third-order valence-corrected chi connectivity index (χ3v) is 4.16. The lowest BCUT2D eigenvalue weighted by Crippen LogP contribution is -2.34. The minimum absolute atomic E-state index is 0.108. The normalized spacial score (nSPS) is 34.4. The molecule has 0 amide bonds. The van der Waals surface area contributed by atoms with E-state index in [-0.39, 0.29) is 12.7 Å². The highest BCUT2D eigenvalue weighted by atomic mass is 16.3. The molecule has 15 heavy (non-hydrogen) atoms. The Morgan fingerprint density at radius 1 is 1.27 bits per heavy atom. The molecule has 0 aromatic carbocycles. The molecule has 2 N–H and O–H groups in total. The lowest BCUT2D eigenvalue weighted by molar-refractivity contribution is 0.0132. The van der Waals surface area contributed by atoms with E-state index in [1.807, 2.05) is 0 Å². The number of hydrogen-bond acceptors (Lipinski definition) is 2. The first-order valence-electron chi connectivity index (χ1n) is 6.35. The molecule has 1 fully saturated rings. The first kappa shape index (κ1) is 13.0. The molecule has 4 atom stereocenters. The van der Waals surface area contributed by atoms with Gasteiger partial charge in [0.05, 0.1) is 6.10 Å². The van der Waals surface area contributed by atoms with E-state index < -0.39 is 0 Å². The van der Waals surface area contributed by atoms with Crippen LogP contribution in [0.3, 0.4) is 0 Å². The lowest BCUT2D eigenvalue weighted by atomic mass is 9.69. The van der Waals surface area contributed by atoms with Crippen molar-refractivity contribution in [2.75, 3.05) is 6.61 Å². The fourth-order valence-electron chi connectivity index (χ4n) is 2.88. The highest BCUT2D eigenvalue weighted by Gasteiger charge is 2.33. The monoisotopic (exact) mass is 214 g/mol. The molecule has 4 unspecified atom stereocenters. The second-order valence-corrected chi connectivity index (χ2v) is 5.54. The summed E-state index contributed by atoms with van der Waals surface area (Å²) in [5.74, 6) is 2.50. The van der Waals surface area contributed by atoms with Crippen LogP contribution < -0.4 is 0 Å². The molecule has 0 aromatic heterocycles. The smallest absolute Gasteiger partial charge is 0.0592 e. The van der Waals surface area contributed by atoms with Crippen LogP contribution in [-0.4, -0.2) is 22.9 Å². The van der Waals surface area contributed by atoms with Crippen molar-refractivity contribution in [3.63, 3.8) is 0 Å². The molecule has 0 radical (unpaired) electrons. The van der Waals surface area contributed by atoms with Gasteiger partial charge in [0, 0.05) is 6.61 Å². The van der Waals surface area contributed by atoms with E-state index in [2.05, 4.69) is 20.8 Å². The summed E-state index contributed by atoms with van der Waals surface area (Å²) in [5.41, 5.74) is 0. The second-order valence-electron chi connectivity index (χ2n) is 5.54. The predicted molar refractivity (Wildman–Crippen MR) is 62.5 cm³/mol. The number of hydrogen-bond donors (Lipinski definition) is 2. The number of aliphatic hydroxyl groups excluding tert-OH is 2. The highest BCUT2D eigenvalue weighted by Crippen LogP contribution is 2.39. The van der Waals surface area contributed by atoms with Crippen LogP contribution in [0.4, 0.5) is 0 Å². The topological polar surface area (TPSA) is 40.5 Å². The van der Waals surface area contributed by atoms with Gasteiger partial charge in [0.25, 0.3) is 0 Å². The SMILES string of the molecule is CC(C)C1CCC(C)C(C(O)CCO)C1. The van der Waals surface area contributed by atoms with Gasteiger partial charge in [-0.2, -0.15) is 0 Å². The van der Waals surface area contributed by atoms with E-state index in [0.29, 0.717) is 18.3 Å². The molecule has 2 nitrogen and oxygen atoms in total. The van der Waals surface area contributed by atoms with Crippen LogP contribution in [0.2, 0.25) is 0 Å². The van der Waals surface area contributed by atoms with Crippen molar-refractivity contribution in [3.05, 3.63) is 0 Å². The first-order valence-corrected chi connectivity index (χ1v) is 6.35. The van der Waals surface area contributed by atoms with E-state index in [1.165, 1.54) is 12.8 Å². The van der Waals surface area contributed by atoms with Gasteiger partial charge in [-0.05, 0) is 42.9 Å². The Balaban J connectivity index is 2.52. The molecular formula is C13H26O2. The number of aliphatic hydroxyl groups is 2. The summed E-state index contributed by atoms with van der Waals surface area (Å²) in [4.78, 5) is 0. The molecule has 0 saturated heterocycles. The van der Waals surface area contributed by atoms with Gasteiger partial charge in [-0.3, -0.25) is 0 Å². The summed E-state index contributed by atoms with van der Waals surface area (Å²) < 4.78 is 0. The zero-order valence-electron chi connectivity index (χ0n) is 10.3. The maximum absolute atomic E-state index is 9.98. The molecular weight excluding hydrogens is 188 g/mol. The minimum atomic E-state index is -0.299. The third kappa shape index (κ3) is 3.46. The van der Waals surface area contributed by atoms with Crippen LogP contribution in [0.15, 0.2) is 0 Å². The van der Waals surface area contributed by atoms with Crippen molar-refractivity contribution in [1.29, 1.82) is 0 Å². The van der Waals surface area contributed by atoms with Crippen LogP contribution in [0, 0.1) is 23.7 Å². The zero-order chi connectivity index (χ0) is 11.4. The molecule has 1 aliphatic carbocycles. The van der Waals surface area contributed by atoms with E-state index in [0.717, 1.165) is 18.3 Å². The Labute approximate surface area is 93.7 Å². The summed E-state index contributed by atoms with van der Waals surface area (Å²) in [7, 11) is 0. The standard InChI is InChI=1S/C13H26O2/c1-9(2)11-5-4-10(3)12(8-11)13(15)6-7-14/h9-15H,4-8H2,1-3H3. The molecule has 0 aromatic rings. The minimum Gasteiger partial charge on any atom is -0.396 e. The zero-order valence-corrected chi connectivity index (χ0v) is 10.3. The van der Waals surface area contributed by atoms with Gasteiger partial charge in [0.1, 0.15) is 0 Å². The average molecular weight is 214 g/mol. The van der Waals surface area contributed by atoms with Gasteiger partial charge in [-0.25, -0.2) is 0 Å². The van der Waals surface area contributed by atoms with Gasteiger partial charge < -0.3 is 10.2 Å². The molecule has 1 saturated carbocycles. The van der Waals surface area contributed by atoms with Crippen molar-refractivity contribution in [1.82, 2.24) is 0 Å². The van der Waals surface area contributed by atoms with Crippen molar-refractivity contribution in [2.45, 2.75) is 52.6 Å². The largest absolute Gasteiger partial charge is 0.396 e. The molecule has 1 aliphatic rings. The summed E-state index contributed by atoms with van der Waals surface area (Å²) in [6.07, 6.45) is 3.92. The van der Waals surface area contributed by atoms with E-state index in [4.69, 9.17) is 5.11 Å². The fourth-order valence-corrected chi connectivity index (χ4v) is 2.88. The fraction of sp³-hybridized carbons (Fsp3) is 1.00. The Bertz CT molecular complexity index is 179. The molecule has 1 rings (SSSR count). The van der Waals surface area contributed by atoms with Crippen LogP contribution in [0.1, 0.15) is 46.5 Å². The molecule has 0 aliphatic heterocycles. The molecule has 0 bridgehead atoms. The van der Waals surface area contributed by atoms with Crippen LogP contribution in [-0.2, 0) is 0 Å². The molecule has 2 heteroatoms. The quantitative estimate of drug-likeness (QED) is 0.754. The van der Waals surface area contributed by atoms with Gasteiger partial charge in [-0.1, -0.05) is 27.2 Å². The van der Waals surface area contributed by atoms with E-state index in [1.54, 1.807) is 0 Å². The molecule has 0 spiro atoms. The first-order chi connectivity index (χ1) is 7.06. The molecule has 90 valence electrons. The molecule has 0 heterocycles. The number of rotatable bonds is 4. The lowest BCUT2D eigenvalue weighted by Gasteiger charge is -2.38. The second kappa shape index (κ2) is 5.86. The van der Waals surface area contributed by atoms with E-state index >= 15 is 0 Å². The van der Waals surface area contributed by atoms with Crippen molar-refractivity contribution >= 4 is 0 Å². The average Bonchev–Trinajstić information content (AvgIpc) is 2.18. The maximum atomic E-state index is 9.98. The Hall–Kier alpha value is -0.0800. The van der Waals surface area contributed by atoms with Crippen molar-refractivity contribution < 1.29 is 10.2 Å². The van der Waals surface area contributed by atoms with E-state index in [9.17, 15) is 5.11 Å². The van der Waals surface area contributed by atoms with Crippen LogP contribution in [0.5, 0.6) is 0 Å². The highest BCUT2D eigenvalue weighted by molar-refractivity contribution is 4.83. The maximum Gasteiger partial charge on any atom is 0.0592 e. The third-order valence-electron chi connectivity index (χ3n) is 4.16. The van der Waals surface area contributed by atoms with Gasteiger partial charge in [0.2, 0.25) is 0 Å². The summed E-state index contributed by atoms with van der Waals surface area (Å²) >= 11 is 0. The van der Waals surface area contributed by atoms with Gasteiger partial charge >= 0.3 is 0 Å². The summed E-state index contributed by atoms with van der Waals surface area (Å²) in [6, 6.07) is 0. The summed E-state index contributed by atoms with van der Waals surface area (Å²) in [6.45, 7) is 6.89.